The number of benzene rings is 2. The quantitative estimate of drug-likeness (QED) is 0.818. The standard InChI is InChI=1S/C14H12O2.C5H12/c1-10-9-12(7-8-13(10)14(15)16)11-5-3-2-4-6-11;1-4-5(2)3/h2-9H,1H3,(H,15,16);5H,4H2,1-3H3. The first-order chi connectivity index (χ1) is 9.95. The molecule has 0 aliphatic rings. The van der Waals surface area contributed by atoms with Crippen molar-refractivity contribution < 1.29 is 9.90 Å². The molecule has 2 heteroatoms. The van der Waals surface area contributed by atoms with Crippen molar-refractivity contribution in [2.75, 3.05) is 0 Å². The van der Waals surface area contributed by atoms with Gasteiger partial charge in [-0.1, -0.05) is 69.7 Å². The molecular formula is C19H24O2. The highest BCUT2D eigenvalue weighted by Gasteiger charge is 2.07. The molecule has 0 fully saturated rings. The van der Waals surface area contributed by atoms with E-state index in [9.17, 15) is 4.79 Å². The van der Waals surface area contributed by atoms with Crippen LogP contribution in [-0.4, -0.2) is 11.1 Å². The van der Waals surface area contributed by atoms with Crippen LogP contribution in [0.4, 0.5) is 0 Å². The number of aryl methyl sites for hydroxylation is 1. The molecule has 0 saturated carbocycles. The topological polar surface area (TPSA) is 37.3 Å². The highest BCUT2D eigenvalue weighted by Crippen LogP contribution is 2.21. The lowest BCUT2D eigenvalue weighted by Gasteiger charge is -2.05. The fourth-order valence-electron chi connectivity index (χ4n) is 1.71. The summed E-state index contributed by atoms with van der Waals surface area (Å²) in [6.07, 6.45) is 1.31. The Labute approximate surface area is 127 Å². The molecule has 0 aromatic heterocycles. The Balaban J connectivity index is 0.000000383. The fourth-order valence-corrected chi connectivity index (χ4v) is 1.71. The number of carboxylic acid groups (broad SMARTS) is 1. The summed E-state index contributed by atoms with van der Waals surface area (Å²) < 4.78 is 0. The predicted molar refractivity (Wildman–Crippen MR) is 88.7 cm³/mol. The molecule has 0 bridgehead atoms. The van der Waals surface area contributed by atoms with Crippen LogP contribution in [0.15, 0.2) is 48.5 Å². The van der Waals surface area contributed by atoms with Crippen LogP contribution in [0.1, 0.15) is 43.1 Å². The van der Waals surface area contributed by atoms with E-state index < -0.39 is 5.97 Å². The number of rotatable bonds is 3. The molecule has 0 saturated heterocycles. The molecule has 2 rings (SSSR count). The first kappa shape index (κ1) is 17.0. The summed E-state index contributed by atoms with van der Waals surface area (Å²) in [4.78, 5) is 10.9. The zero-order valence-corrected chi connectivity index (χ0v) is 13.3. The van der Waals surface area contributed by atoms with Crippen molar-refractivity contribution in [3.63, 3.8) is 0 Å². The molecule has 2 aromatic carbocycles. The van der Waals surface area contributed by atoms with Gasteiger partial charge in [-0.05, 0) is 35.6 Å². The van der Waals surface area contributed by atoms with E-state index in [0.717, 1.165) is 22.6 Å². The highest BCUT2D eigenvalue weighted by molar-refractivity contribution is 5.90. The van der Waals surface area contributed by atoms with Gasteiger partial charge in [-0.25, -0.2) is 4.79 Å². The Morgan fingerprint density at radius 3 is 2.05 bits per heavy atom. The Morgan fingerprint density at radius 1 is 1.05 bits per heavy atom. The molecule has 0 unspecified atom stereocenters. The van der Waals surface area contributed by atoms with Gasteiger partial charge < -0.3 is 5.11 Å². The lowest BCUT2D eigenvalue weighted by molar-refractivity contribution is 0.0696. The van der Waals surface area contributed by atoms with Crippen LogP contribution in [0.25, 0.3) is 11.1 Å². The average Bonchev–Trinajstić information content (AvgIpc) is 2.48. The summed E-state index contributed by atoms with van der Waals surface area (Å²) in [7, 11) is 0. The summed E-state index contributed by atoms with van der Waals surface area (Å²) in [5, 5.41) is 8.93. The lowest BCUT2D eigenvalue weighted by atomic mass is 10.00. The van der Waals surface area contributed by atoms with Gasteiger partial charge in [0.05, 0.1) is 5.56 Å². The molecule has 0 spiro atoms. The van der Waals surface area contributed by atoms with Gasteiger partial charge in [-0.3, -0.25) is 0 Å². The first-order valence-corrected chi connectivity index (χ1v) is 7.35. The monoisotopic (exact) mass is 284 g/mol. The van der Waals surface area contributed by atoms with Gasteiger partial charge in [-0.2, -0.15) is 0 Å². The fraction of sp³-hybridized carbons (Fsp3) is 0.316. The maximum absolute atomic E-state index is 10.9. The second kappa shape index (κ2) is 8.25. The van der Waals surface area contributed by atoms with Crippen LogP contribution < -0.4 is 0 Å². The van der Waals surface area contributed by atoms with E-state index in [0.29, 0.717) is 5.56 Å². The minimum Gasteiger partial charge on any atom is -0.478 e. The van der Waals surface area contributed by atoms with Crippen LogP contribution in [-0.2, 0) is 0 Å². The number of carbonyl (C=O) groups is 1. The minimum atomic E-state index is -0.878. The Bertz CT molecular complexity index is 571. The van der Waals surface area contributed by atoms with Crippen molar-refractivity contribution in [3.8, 4) is 11.1 Å². The van der Waals surface area contributed by atoms with Crippen molar-refractivity contribution >= 4 is 5.97 Å². The van der Waals surface area contributed by atoms with Crippen molar-refractivity contribution in [1.29, 1.82) is 0 Å². The molecular weight excluding hydrogens is 260 g/mol. The smallest absolute Gasteiger partial charge is 0.335 e. The van der Waals surface area contributed by atoms with E-state index >= 15 is 0 Å². The number of hydrogen-bond acceptors (Lipinski definition) is 1. The van der Waals surface area contributed by atoms with Crippen LogP contribution in [0.3, 0.4) is 0 Å². The number of carboxylic acids is 1. The van der Waals surface area contributed by atoms with E-state index in [1.807, 2.05) is 49.4 Å². The second-order valence-electron chi connectivity index (χ2n) is 5.50. The lowest BCUT2D eigenvalue weighted by Crippen LogP contribution is -1.99. The van der Waals surface area contributed by atoms with Gasteiger partial charge in [0.2, 0.25) is 0 Å². The largest absolute Gasteiger partial charge is 0.478 e. The minimum absolute atomic E-state index is 0.361. The maximum atomic E-state index is 10.9. The van der Waals surface area contributed by atoms with Gasteiger partial charge in [-0.15, -0.1) is 0 Å². The van der Waals surface area contributed by atoms with Gasteiger partial charge in [0.15, 0.2) is 0 Å². The summed E-state index contributed by atoms with van der Waals surface area (Å²) in [5.74, 6) is 0.00658. The molecule has 2 nitrogen and oxygen atoms in total. The molecule has 21 heavy (non-hydrogen) atoms. The number of hydrogen-bond donors (Lipinski definition) is 1. The van der Waals surface area contributed by atoms with Gasteiger partial charge in [0.25, 0.3) is 0 Å². The molecule has 2 aromatic rings. The molecule has 0 aliphatic heterocycles. The summed E-state index contributed by atoms with van der Waals surface area (Å²) >= 11 is 0. The third kappa shape index (κ3) is 5.42. The summed E-state index contributed by atoms with van der Waals surface area (Å²) in [6.45, 7) is 8.46. The van der Waals surface area contributed by atoms with Crippen molar-refractivity contribution in [3.05, 3.63) is 59.7 Å². The molecule has 0 atom stereocenters. The Hall–Kier alpha value is -2.09. The van der Waals surface area contributed by atoms with E-state index in [4.69, 9.17) is 5.11 Å². The maximum Gasteiger partial charge on any atom is 0.335 e. The normalized spacial score (nSPS) is 9.95. The average molecular weight is 284 g/mol. The zero-order valence-electron chi connectivity index (χ0n) is 13.3. The van der Waals surface area contributed by atoms with E-state index in [1.165, 1.54) is 6.42 Å². The van der Waals surface area contributed by atoms with Crippen molar-refractivity contribution in [1.82, 2.24) is 0 Å². The van der Waals surface area contributed by atoms with Gasteiger partial charge in [0, 0.05) is 0 Å². The molecule has 0 heterocycles. The molecule has 112 valence electrons. The van der Waals surface area contributed by atoms with Crippen LogP contribution in [0.5, 0.6) is 0 Å². The molecule has 1 N–H and O–H groups in total. The van der Waals surface area contributed by atoms with Crippen molar-refractivity contribution in [2.45, 2.75) is 34.1 Å². The Morgan fingerprint density at radius 2 is 1.62 bits per heavy atom. The van der Waals surface area contributed by atoms with Gasteiger partial charge in [0.1, 0.15) is 0 Å². The van der Waals surface area contributed by atoms with E-state index in [-0.39, 0.29) is 0 Å². The van der Waals surface area contributed by atoms with E-state index in [1.54, 1.807) is 6.07 Å². The van der Waals surface area contributed by atoms with Crippen LogP contribution >= 0.6 is 0 Å². The van der Waals surface area contributed by atoms with E-state index in [2.05, 4.69) is 20.8 Å². The third-order valence-corrected chi connectivity index (χ3v) is 3.38. The number of aromatic carboxylic acids is 1. The third-order valence-electron chi connectivity index (χ3n) is 3.38. The zero-order chi connectivity index (χ0) is 15.8. The SMILES string of the molecule is CCC(C)C.Cc1cc(-c2ccccc2)ccc1C(=O)O. The molecule has 0 radical (unpaired) electrons. The summed E-state index contributed by atoms with van der Waals surface area (Å²) in [5.41, 5.74) is 3.29. The Kier molecular flexibility index (Phi) is 6.67. The van der Waals surface area contributed by atoms with Crippen molar-refractivity contribution in [2.24, 2.45) is 5.92 Å². The first-order valence-electron chi connectivity index (χ1n) is 7.35. The second-order valence-corrected chi connectivity index (χ2v) is 5.50. The highest BCUT2D eigenvalue weighted by atomic mass is 16.4. The predicted octanol–water partition coefficient (Wildman–Crippen LogP) is 5.41. The van der Waals surface area contributed by atoms with Gasteiger partial charge >= 0.3 is 5.97 Å². The molecule has 0 aliphatic carbocycles. The molecule has 0 amide bonds. The van der Waals surface area contributed by atoms with Crippen LogP contribution in [0.2, 0.25) is 0 Å². The van der Waals surface area contributed by atoms with Crippen LogP contribution in [0, 0.1) is 12.8 Å². The summed E-state index contributed by atoms with van der Waals surface area (Å²) in [6, 6.07) is 15.3.